The molecule has 2 aromatic heterocycles. The molecule has 0 saturated carbocycles. The largest absolute Gasteiger partial charge is 0.348 e. The number of piperazine rings is 1. The molecule has 144 valence electrons. The Hall–Kier alpha value is -2.75. The summed E-state index contributed by atoms with van der Waals surface area (Å²) >= 11 is 0. The number of carbonyl (C=O) groups excluding carboxylic acids is 2. The molecular weight excluding hydrogens is 348 g/mol. The van der Waals surface area contributed by atoms with Crippen molar-refractivity contribution in [2.75, 3.05) is 51.2 Å². The number of hydrogen-bond acceptors (Lipinski definition) is 7. The SMILES string of the molecule is CN(CC(=O)N1CCCC(N2CCNCC2=O)C1)c1ncnc2nc[nH]c12. The van der Waals surface area contributed by atoms with Crippen molar-refractivity contribution < 1.29 is 9.59 Å². The standard InChI is InChI=1S/C17H24N8O2/c1-23(17-15-16(20-10-19-15)21-11-22-17)9-14(27)24-5-2-3-12(8-24)25-6-4-18-7-13(25)26/h10-12,18H,2-9H2,1H3,(H,19,20,21,22). The summed E-state index contributed by atoms with van der Waals surface area (Å²) in [6.07, 6.45) is 4.88. The quantitative estimate of drug-likeness (QED) is 0.724. The van der Waals surface area contributed by atoms with Gasteiger partial charge in [0.2, 0.25) is 11.8 Å². The predicted octanol–water partition coefficient (Wildman–Crippen LogP) is -0.788. The molecule has 1 atom stereocenters. The monoisotopic (exact) mass is 372 g/mol. The van der Waals surface area contributed by atoms with Crippen LogP contribution in [0.15, 0.2) is 12.7 Å². The number of fused-ring (bicyclic) bond motifs is 1. The average Bonchev–Trinajstić information content (AvgIpc) is 3.17. The summed E-state index contributed by atoms with van der Waals surface area (Å²) in [6.45, 7) is 3.46. The molecule has 0 aromatic carbocycles. The third-order valence-electron chi connectivity index (χ3n) is 5.25. The molecule has 2 amide bonds. The first-order valence-electron chi connectivity index (χ1n) is 9.26. The van der Waals surface area contributed by atoms with E-state index in [9.17, 15) is 9.59 Å². The number of piperidine rings is 1. The van der Waals surface area contributed by atoms with Gasteiger partial charge in [-0.3, -0.25) is 9.59 Å². The Morgan fingerprint density at radius 3 is 3.07 bits per heavy atom. The van der Waals surface area contributed by atoms with Crippen molar-refractivity contribution in [1.82, 2.24) is 35.1 Å². The number of hydrogen-bond donors (Lipinski definition) is 2. The fraction of sp³-hybridized carbons (Fsp3) is 0.588. The zero-order valence-electron chi connectivity index (χ0n) is 15.4. The van der Waals surface area contributed by atoms with Crippen molar-refractivity contribution in [1.29, 1.82) is 0 Å². The van der Waals surface area contributed by atoms with Gasteiger partial charge in [0, 0.05) is 39.3 Å². The Bertz CT molecular complexity index is 837. The van der Waals surface area contributed by atoms with E-state index in [-0.39, 0.29) is 24.4 Å². The lowest BCUT2D eigenvalue weighted by Gasteiger charge is -2.41. The Morgan fingerprint density at radius 2 is 2.22 bits per heavy atom. The van der Waals surface area contributed by atoms with Crippen molar-refractivity contribution in [2.45, 2.75) is 18.9 Å². The van der Waals surface area contributed by atoms with Gasteiger partial charge in [-0.2, -0.15) is 0 Å². The molecular formula is C17H24N8O2. The molecule has 0 aliphatic carbocycles. The number of likely N-dealkylation sites (N-methyl/N-ethyl adjacent to an activating group) is 1. The van der Waals surface area contributed by atoms with Gasteiger partial charge in [0.25, 0.3) is 0 Å². The van der Waals surface area contributed by atoms with E-state index in [4.69, 9.17) is 0 Å². The summed E-state index contributed by atoms with van der Waals surface area (Å²) in [5.41, 5.74) is 1.30. The minimum absolute atomic E-state index is 0.0380. The Balaban J connectivity index is 1.41. The van der Waals surface area contributed by atoms with Crippen molar-refractivity contribution in [3.8, 4) is 0 Å². The Morgan fingerprint density at radius 1 is 1.33 bits per heavy atom. The number of H-pyrrole nitrogens is 1. The van der Waals surface area contributed by atoms with E-state index < -0.39 is 0 Å². The van der Waals surface area contributed by atoms with Crippen LogP contribution in [-0.2, 0) is 9.59 Å². The predicted molar refractivity (Wildman–Crippen MR) is 99.1 cm³/mol. The van der Waals surface area contributed by atoms with Crippen LogP contribution in [-0.4, -0.2) is 93.9 Å². The maximum absolute atomic E-state index is 12.9. The van der Waals surface area contributed by atoms with Gasteiger partial charge in [-0.25, -0.2) is 15.0 Å². The highest BCUT2D eigenvalue weighted by Gasteiger charge is 2.32. The molecule has 1 unspecified atom stereocenters. The van der Waals surface area contributed by atoms with Crippen LogP contribution in [0.5, 0.6) is 0 Å². The zero-order chi connectivity index (χ0) is 18.8. The van der Waals surface area contributed by atoms with E-state index >= 15 is 0 Å². The van der Waals surface area contributed by atoms with Gasteiger partial charge in [-0.05, 0) is 12.8 Å². The molecule has 2 aromatic rings. The first-order chi connectivity index (χ1) is 13.1. The number of likely N-dealkylation sites (tertiary alicyclic amines) is 1. The third kappa shape index (κ3) is 3.57. The molecule has 0 bridgehead atoms. The maximum atomic E-state index is 12.9. The molecule has 0 spiro atoms. The van der Waals surface area contributed by atoms with Crippen molar-refractivity contribution in [3.05, 3.63) is 12.7 Å². The fourth-order valence-electron chi connectivity index (χ4n) is 3.86. The van der Waals surface area contributed by atoms with E-state index in [1.165, 1.54) is 6.33 Å². The number of nitrogens with one attached hydrogen (secondary N) is 2. The molecule has 10 heteroatoms. The zero-order valence-corrected chi connectivity index (χ0v) is 15.4. The minimum atomic E-state index is 0.0380. The highest BCUT2D eigenvalue weighted by molar-refractivity contribution is 5.87. The lowest BCUT2D eigenvalue weighted by atomic mass is 10.0. The molecule has 2 aliphatic heterocycles. The number of rotatable bonds is 4. The summed E-state index contributed by atoms with van der Waals surface area (Å²) in [5.74, 6) is 0.813. The smallest absolute Gasteiger partial charge is 0.242 e. The molecule has 2 saturated heterocycles. The Kier molecular flexibility index (Phi) is 4.88. The second-order valence-corrected chi connectivity index (χ2v) is 7.05. The lowest BCUT2D eigenvalue weighted by molar-refractivity contribution is -0.139. The van der Waals surface area contributed by atoms with Crippen LogP contribution >= 0.6 is 0 Å². The highest BCUT2D eigenvalue weighted by Crippen LogP contribution is 2.20. The summed E-state index contributed by atoms with van der Waals surface area (Å²) in [7, 11) is 1.84. The van der Waals surface area contributed by atoms with Gasteiger partial charge >= 0.3 is 0 Å². The number of aromatic nitrogens is 4. The van der Waals surface area contributed by atoms with Gasteiger partial charge in [-0.1, -0.05) is 0 Å². The lowest BCUT2D eigenvalue weighted by Crippen LogP contribution is -2.58. The molecule has 4 rings (SSSR count). The van der Waals surface area contributed by atoms with Crippen molar-refractivity contribution in [3.63, 3.8) is 0 Å². The van der Waals surface area contributed by atoms with Crippen LogP contribution in [0.3, 0.4) is 0 Å². The number of carbonyl (C=O) groups is 2. The normalized spacial score (nSPS) is 20.9. The molecule has 2 fully saturated rings. The molecule has 0 radical (unpaired) electrons. The Labute approximate surface area is 157 Å². The molecule has 2 N–H and O–H groups in total. The molecule has 2 aliphatic rings. The van der Waals surface area contributed by atoms with Crippen LogP contribution in [0, 0.1) is 0 Å². The van der Waals surface area contributed by atoms with E-state index in [0.29, 0.717) is 31.1 Å². The van der Waals surface area contributed by atoms with Gasteiger partial charge in [0.1, 0.15) is 11.8 Å². The summed E-state index contributed by atoms with van der Waals surface area (Å²) in [5, 5.41) is 3.10. The van der Waals surface area contributed by atoms with Gasteiger partial charge in [0.15, 0.2) is 11.5 Å². The number of aromatic amines is 1. The first kappa shape index (κ1) is 17.7. The number of nitrogens with zero attached hydrogens (tertiary/aromatic N) is 6. The number of amides is 2. The molecule has 27 heavy (non-hydrogen) atoms. The topological polar surface area (TPSA) is 110 Å². The van der Waals surface area contributed by atoms with Crippen LogP contribution in [0.2, 0.25) is 0 Å². The van der Waals surface area contributed by atoms with E-state index in [1.54, 1.807) is 6.33 Å². The highest BCUT2D eigenvalue weighted by atomic mass is 16.2. The second kappa shape index (κ2) is 7.47. The van der Waals surface area contributed by atoms with Gasteiger partial charge in [-0.15, -0.1) is 0 Å². The fourth-order valence-corrected chi connectivity index (χ4v) is 3.86. The van der Waals surface area contributed by atoms with Gasteiger partial charge in [0.05, 0.1) is 19.4 Å². The van der Waals surface area contributed by atoms with E-state index in [2.05, 4.69) is 25.3 Å². The van der Waals surface area contributed by atoms with Crippen LogP contribution in [0.25, 0.3) is 11.2 Å². The van der Waals surface area contributed by atoms with E-state index in [0.717, 1.165) is 31.4 Å². The first-order valence-corrected chi connectivity index (χ1v) is 9.26. The number of anilines is 1. The molecule has 10 nitrogen and oxygen atoms in total. The van der Waals surface area contributed by atoms with Crippen LogP contribution in [0.4, 0.5) is 5.82 Å². The van der Waals surface area contributed by atoms with Crippen LogP contribution in [0.1, 0.15) is 12.8 Å². The minimum Gasteiger partial charge on any atom is -0.348 e. The van der Waals surface area contributed by atoms with Crippen LogP contribution < -0.4 is 10.2 Å². The summed E-state index contributed by atoms with van der Waals surface area (Å²) in [6, 6.07) is 0.112. The maximum Gasteiger partial charge on any atom is 0.242 e. The molecule has 4 heterocycles. The van der Waals surface area contributed by atoms with Crippen molar-refractivity contribution >= 4 is 28.8 Å². The summed E-state index contributed by atoms with van der Waals surface area (Å²) in [4.78, 5) is 46.2. The average molecular weight is 372 g/mol. The van der Waals surface area contributed by atoms with Crippen molar-refractivity contribution in [2.24, 2.45) is 0 Å². The number of imidazole rings is 1. The van der Waals surface area contributed by atoms with E-state index in [1.807, 2.05) is 21.7 Å². The second-order valence-electron chi connectivity index (χ2n) is 7.05. The summed E-state index contributed by atoms with van der Waals surface area (Å²) < 4.78 is 0. The third-order valence-corrected chi connectivity index (χ3v) is 5.25. The van der Waals surface area contributed by atoms with Gasteiger partial charge < -0.3 is 25.0 Å².